The zero-order valence-electron chi connectivity index (χ0n) is 20.1. The summed E-state index contributed by atoms with van der Waals surface area (Å²) in [6.07, 6.45) is 2.15. The topological polar surface area (TPSA) is 125 Å². The number of hydrogen-bond acceptors (Lipinski definition) is 9. The Bertz CT molecular complexity index is 1230. The molecule has 1 saturated carbocycles. The molecule has 0 radical (unpaired) electrons. The van der Waals surface area contributed by atoms with Crippen LogP contribution >= 0.6 is 0 Å². The third kappa shape index (κ3) is 2.07. The fourth-order valence-corrected chi connectivity index (χ4v) is 8.96. The number of fused-ring (bicyclic) bond motifs is 1. The minimum atomic E-state index is -1.27. The van der Waals surface area contributed by atoms with Crippen molar-refractivity contribution in [2.75, 3.05) is 6.61 Å². The first-order valence-electron chi connectivity index (χ1n) is 12.2. The van der Waals surface area contributed by atoms with E-state index in [2.05, 4.69) is 0 Å². The van der Waals surface area contributed by atoms with Gasteiger partial charge in [0.25, 0.3) is 0 Å². The Labute approximate surface area is 201 Å². The Morgan fingerprint density at radius 2 is 1.83 bits per heavy atom. The van der Waals surface area contributed by atoms with Crippen molar-refractivity contribution in [1.29, 1.82) is 0 Å². The van der Waals surface area contributed by atoms with E-state index in [0.717, 1.165) is 0 Å². The number of epoxide rings is 1. The molecule has 4 saturated heterocycles. The summed E-state index contributed by atoms with van der Waals surface area (Å²) in [7, 11) is 0. The average molecular weight is 485 g/mol. The van der Waals surface area contributed by atoms with Gasteiger partial charge in [0.05, 0.1) is 41.5 Å². The molecule has 1 aromatic heterocycles. The molecule has 2 aliphatic carbocycles. The van der Waals surface area contributed by atoms with E-state index in [1.165, 1.54) is 6.26 Å². The number of ether oxygens (including phenoxy) is 4. The summed E-state index contributed by atoms with van der Waals surface area (Å²) in [5.74, 6) is -2.07. The summed E-state index contributed by atoms with van der Waals surface area (Å²) in [6.45, 7) is 7.44. The van der Waals surface area contributed by atoms with Crippen LogP contribution < -0.4 is 0 Å². The maximum atomic E-state index is 14.3. The van der Waals surface area contributed by atoms with Crippen LogP contribution in [0.15, 0.2) is 34.3 Å². The van der Waals surface area contributed by atoms with Crippen molar-refractivity contribution in [3.63, 3.8) is 0 Å². The minimum Gasteiger partial charge on any atom is -0.504 e. The van der Waals surface area contributed by atoms with Crippen LogP contribution in [0.1, 0.15) is 58.6 Å². The Hall–Kier alpha value is -2.65. The highest BCUT2D eigenvalue weighted by Gasteiger charge is 2.90. The Balaban J connectivity index is 1.47. The molecule has 0 amide bonds. The van der Waals surface area contributed by atoms with Gasteiger partial charge in [-0.15, -0.1) is 0 Å². The zero-order valence-corrected chi connectivity index (χ0v) is 20.1. The second-order valence-electron chi connectivity index (χ2n) is 11.9. The lowest BCUT2D eigenvalue weighted by atomic mass is 9.39. The quantitative estimate of drug-likeness (QED) is 0.473. The van der Waals surface area contributed by atoms with Crippen LogP contribution in [0.3, 0.4) is 0 Å². The smallest absolute Gasteiger partial charge is 0.339 e. The highest BCUT2D eigenvalue weighted by molar-refractivity contribution is 6.03. The number of esters is 2. The number of carbonyl (C=O) groups excluding carboxylic acids is 3. The largest absolute Gasteiger partial charge is 0.504 e. The molecule has 5 fully saturated rings. The minimum absolute atomic E-state index is 0.0138. The molecule has 2 spiro atoms. The van der Waals surface area contributed by atoms with Crippen LogP contribution in [0.5, 0.6) is 0 Å². The molecule has 0 aromatic carbocycles. The summed E-state index contributed by atoms with van der Waals surface area (Å²) in [5, 5.41) is 11.5. The van der Waals surface area contributed by atoms with E-state index in [1.807, 2.05) is 27.7 Å². The number of rotatable bonds is 1. The predicted molar refractivity (Wildman–Crippen MR) is 116 cm³/mol. The fourth-order valence-electron chi connectivity index (χ4n) is 8.96. The van der Waals surface area contributed by atoms with Crippen molar-refractivity contribution < 1.29 is 42.9 Å². The number of aliphatic hydroxyl groups is 1. The number of hydrogen-bond donors (Lipinski definition) is 1. The average Bonchev–Trinajstić information content (AvgIpc) is 3.26. The maximum Gasteiger partial charge on any atom is 0.339 e. The summed E-state index contributed by atoms with van der Waals surface area (Å²) in [4.78, 5) is 39.7. The van der Waals surface area contributed by atoms with E-state index in [-0.39, 0.29) is 30.7 Å². The summed E-state index contributed by atoms with van der Waals surface area (Å²) in [5.41, 5.74) is -3.85. The lowest BCUT2D eigenvalue weighted by molar-refractivity contribution is -0.212. The fraction of sp³-hybridized carbons (Fsp3) is 0.654. The number of aliphatic hydroxyl groups excluding tert-OH is 1. The third-order valence-electron chi connectivity index (χ3n) is 10.2. The van der Waals surface area contributed by atoms with Gasteiger partial charge in [-0.1, -0.05) is 6.92 Å². The molecule has 186 valence electrons. The van der Waals surface area contributed by atoms with Gasteiger partial charge < -0.3 is 28.5 Å². The molecule has 8 atom stereocenters. The van der Waals surface area contributed by atoms with Gasteiger partial charge in [-0.3, -0.25) is 9.59 Å². The van der Waals surface area contributed by atoms with Crippen molar-refractivity contribution in [1.82, 2.24) is 0 Å². The molecule has 9 heteroatoms. The summed E-state index contributed by atoms with van der Waals surface area (Å²) in [6, 6.07) is 1.76. The van der Waals surface area contributed by atoms with E-state index in [9.17, 15) is 19.5 Å². The molecule has 4 aliphatic heterocycles. The van der Waals surface area contributed by atoms with E-state index in [1.54, 1.807) is 12.3 Å². The second kappa shape index (κ2) is 6.00. The number of Topliss-reactive ketones (excluding diaryl/α,β-unsaturated/α-hetero) is 1. The van der Waals surface area contributed by atoms with E-state index < -0.39 is 57.5 Å². The van der Waals surface area contributed by atoms with Gasteiger partial charge in [-0.2, -0.15) is 0 Å². The van der Waals surface area contributed by atoms with Gasteiger partial charge in [0.2, 0.25) is 5.78 Å². The first-order chi connectivity index (χ1) is 16.4. The molecule has 0 bridgehead atoms. The van der Waals surface area contributed by atoms with Gasteiger partial charge in [-0.05, 0) is 45.6 Å². The van der Waals surface area contributed by atoms with Crippen molar-refractivity contribution in [3.8, 4) is 0 Å². The van der Waals surface area contributed by atoms with Crippen LogP contribution in [0, 0.1) is 22.2 Å². The standard InChI is InChI=1S/C26H28O9/c1-22(2)17-16(28)18(29)24(4)13(25(17)11-32-15(27)9-14(25)34-22)5-7-23(3)19(12-6-8-31-10-12)33-21(30)20-26(23,24)35-20/h6,8,10,13-14,19-20,28H,5,7,9,11H2,1-4H3/t13-,14-,19?,20+,23-,24-,25-,26+/m0/s1. The Kier molecular flexibility index (Phi) is 3.71. The Morgan fingerprint density at radius 1 is 1.06 bits per heavy atom. The molecule has 6 aliphatic rings. The first kappa shape index (κ1) is 21.6. The Morgan fingerprint density at radius 3 is 2.54 bits per heavy atom. The van der Waals surface area contributed by atoms with Crippen molar-refractivity contribution in [2.45, 2.75) is 76.5 Å². The van der Waals surface area contributed by atoms with Crippen molar-refractivity contribution in [2.24, 2.45) is 22.2 Å². The molecule has 7 rings (SSSR count). The molecular weight excluding hydrogens is 456 g/mol. The molecule has 9 nitrogen and oxygen atoms in total. The highest BCUT2D eigenvalue weighted by Crippen LogP contribution is 2.79. The predicted octanol–water partition coefficient (Wildman–Crippen LogP) is 2.94. The van der Waals surface area contributed by atoms with Gasteiger partial charge in [0.15, 0.2) is 11.9 Å². The molecule has 1 unspecified atom stereocenters. The van der Waals surface area contributed by atoms with Crippen molar-refractivity contribution in [3.05, 3.63) is 35.5 Å². The number of ketones is 1. The van der Waals surface area contributed by atoms with Gasteiger partial charge >= 0.3 is 11.9 Å². The zero-order chi connectivity index (χ0) is 24.8. The summed E-state index contributed by atoms with van der Waals surface area (Å²) < 4.78 is 29.4. The van der Waals surface area contributed by atoms with Crippen LogP contribution in [-0.2, 0) is 33.3 Å². The molecular formula is C26H28O9. The van der Waals surface area contributed by atoms with E-state index >= 15 is 0 Å². The maximum absolute atomic E-state index is 14.3. The van der Waals surface area contributed by atoms with E-state index in [4.69, 9.17) is 23.4 Å². The van der Waals surface area contributed by atoms with Gasteiger partial charge in [-0.25, -0.2) is 4.79 Å². The highest BCUT2D eigenvalue weighted by atomic mass is 16.7. The van der Waals surface area contributed by atoms with Crippen LogP contribution in [0.4, 0.5) is 0 Å². The number of carbonyl (C=O) groups is 3. The third-order valence-corrected chi connectivity index (χ3v) is 10.2. The number of allylic oxidation sites excluding steroid dienone is 1. The molecule has 1 N–H and O–H groups in total. The monoisotopic (exact) mass is 484 g/mol. The molecule has 5 heterocycles. The number of furan rings is 1. The van der Waals surface area contributed by atoms with Gasteiger partial charge in [0.1, 0.15) is 18.3 Å². The van der Waals surface area contributed by atoms with Crippen LogP contribution in [-0.4, -0.2) is 52.8 Å². The lowest BCUT2D eigenvalue weighted by Gasteiger charge is -2.63. The molecule has 1 aromatic rings. The van der Waals surface area contributed by atoms with Crippen molar-refractivity contribution >= 4 is 17.7 Å². The van der Waals surface area contributed by atoms with Gasteiger partial charge in [0, 0.05) is 16.6 Å². The number of cyclic esters (lactones) is 2. The van der Waals surface area contributed by atoms with Crippen LogP contribution in [0.25, 0.3) is 0 Å². The second-order valence-corrected chi connectivity index (χ2v) is 11.9. The summed E-state index contributed by atoms with van der Waals surface area (Å²) >= 11 is 0. The SMILES string of the molecule is CC1(C)O[C@H]2CC(=O)OC[C@@]23C1=C(O)C(=O)[C@]1(C)[C@@H]3CC[C@@]2(C)C(c3ccoc3)OC(=O)[C@H]3O[C@]321. The first-order valence-corrected chi connectivity index (χ1v) is 12.2. The van der Waals surface area contributed by atoms with Crippen LogP contribution in [0.2, 0.25) is 0 Å². The van der Waals surface area contributed by atoms with E-state index in [0.29, 0.717) is 24.0 Å². The normalized spacial score (nSPS) is 49.2. The lowest BCUT2D eigenvalue weighted by Crippen LogP contribution is -2.71. The molecule has 35 heavy (non-hydrogen) atoms.